The fourth-order valence-electron chi connectivity index (χ4n) is 1.36. The van der Waals surface area contributed by atoms with Crippen molar-refractivity contribution in [3.63, 3.8) is 0 Å². The molecule has 0 amide bonds. The number of hydrogen-bond donors (Lipinski definition) is 0. The van der Waals surface area contributed by atoms with E-state index in [0.717, 1.165) is 12.7 Å². The fraction of sp³-hybridized carbons (Fsp3) is 0.500. The summed E-state index contributed by atoms with van der Waals surface area (Å²) in [4.78, 5) is 10.0. The molecule has 0 radical (unpaired) electrons. The molecule has 0 saturated heterocycles. The van der Waals surface area contributed by atoms with E-state index in [1.807, 2.05) is 6.08 Å². The quantitative estimate of drug-likeness (QED) is 0.336. The minimum Gasteiger partial charge on any atom is -0.299 e. The molecule has 1 aliphatic carbocycles. The minimum atomic E-state index is 0.601. The summed E-state index contributed by atoms with van der Waals surface area (Å²) in [5.74, 6) is 0.601. The largest absolute Gasteiger partial charge is 0.299 e. The third kappa shape index (κ3) is 2.71. The van der Waals surface area contributed by atoms with Gasteiger partial charge in [0.1, 0.15) is 6.29 Å². The van der Waals surface area contributed by atoms with Crippen LogP contribution in [0.2, 0.25) is 0 Å². The zero-order valence-corrected chi connectivity index (χ0v) is 6.92. The van der Waals surface area contributed by atoms with E-state index in [0.29, 0.717) is 5.92 Å². The van der Waals surface area contributed by atoms with E-state index in [1.165, 1.54) is 18.4 Å². The fourth-order valence-corrected chi connectivity index (χ4v) is 1.36. The van der Waals surface area contributed by atoms with Crippen LogP contribution in [0.3, 0.4) is 0 Å². The number of allylic oxidation sites excluding steroid dienone is 4. The summed E-state index contributed by atoms with van der Waals surface area (Å²) < 4.78 is 0. The van der Waals surface area contributed by atoms with E-state index in [9.17, 15) is 4.79 Å². The molecule has 1 unspecified atom stereocenters. The molecule has 0 aromatic heterocycles. The number of rotatable bonds is 2. The van der Waals surface area contributed by atoms with Crippen molar-refractivity contribution in [3.05, 3.63) is 23.8 Å². The van der Waals surface area contributed by atoms with Crippen molar-refractivity contribution in [2.45, 2.75) is 26.2 Å². The topological polar surface area (TPSA) is 17.1 Å². The van der Waals surface area contributed by atoms with Gasteiger partial charge in [0.05, 0.1) is 0 Å². The molecule has 1 aliphatic rings. The van der Waals surface area contributed by atoms with Gasteiger partial charge >= 0.3 is 0 Å². The Hall–Kier alpha value is -0.850. The first-order valence-electron chi connectivity index (χ1n) is 4.10. The van der Waals surface area contributed by atoms with Gasteiger partial charge in [0.25, 0.3) is 0 Å². The number of aldehydes is 1. The Morgan fingerprint density at radius 1 is 1.64 bits per heavy atom. The van der Waals surface area contributed by atoms with Crippen molar-refractivity contribution in [2.24, 2.45) is 5.92 Å². The highest BCUT2D eigenvalue weighted by atomic mass is 16.1. The molecule has 60 valence electrons. The van der Waals surface area contributed by atoms with Gasteiger partial charge in [-0.15, -0.1) is 0 Å². The Morgan fingerprint density at radius 3 is 3.00 bits per heavy atom. The van der Waals surface area contributed by atoms with Crippen LogP contribution in [-0.2, 0) is 4.79 Å². The monoisotopic (exact) mass is 150 g/mol. The number of carbonyl (C=O) groups is 1. The third-order valence-corrected chi connectivity index (χ3v) is 2.14. The van der Waals surface area contributed by atoms with Gasteiger partial charge in [-0.3, -0.25) is 4.79 Å². The van der Waals surface area contributed by atoms with Crippen molar-refractivity contribution in [3.8, 4) is 0 Å². The molecule has 1 nitrogen and oxygen atoms in total. The summed E-state index contributed by atoms with van der Waals surface area (Å²) in [6.07, 6.45) is 10.2. The van der Waals surface area contributed by atoms with E-state index in [-0.39, 0.29) is 0 Å². The van der Waals surface area contributed by atoms with Crippen molar-refractivity contribution in [1.82, 2.24) is 0 Å². The highest BCUT2D eigenvalue weighted by molar-refractivity contribution is 5.64. The lowest BCUT2D eigenvalue weighted by Crippen LogP contribution is -2.01. The minimum absolute atomic E-state index is 0.601. The predicted octanol–water partition coefficient (Wildman–Crippen LogP) is 2.49. The molecule has 0 bridgehead atoms. The van der Waals surface area contributed by atoms with E-state index in [4.69, 9.17) is 0 Å². The zero-order chi connectivity index (χ0) is 8.10. The Labute approximate surface area is 67.8 Å². The van der Waals surface area contributed by atoms with Crippen LogP contribution in [0.15, 0.2) is 23.8 Å². The van der Waals surface area contributed by atoms with Gasteiger partial charge in [0.15, 0.2) is 0 Å². The lowest BCUT2D eigenvalue weighted by molar-refractivity contribution is -0.104. The Morgan fingerprint density at radius 2 is 2.45 bits per heavy atom. The maximum absolute atomic E-state index is 10.0. The van der Waals surface area contributed by atoms with Gasteiger partial charge in [-0.05, 0) is 38.2 Å². The van der Waals surface area contributed by atoms with E-state index in [1.54, 1.807) is 6.08 Å². The third-order valence-electron chi connectivity index (χ3n) is 2.14. The summed E-state index contributed by atoms with van der Waals surface area (Å²) >= 11 is 0. The molecule has 1 rings (SSSR count). The van der Waals surface area contributed by atoms with Gasteiger partial charge in [0.2, 0.25) is 0 Å². The van der Waals surface area contributed by atoms with Crippen LogP contribution in [0.1, 0.15) is 26.2 Å². The average Bonchev–Trinajstić information content (AvgIpc) is 2.04. The van der Waals surface area contributed by atoms with Crippen LogP contribution >= 0.6 is 0 Å². The van der Waals surface area contributed by atoms with Crippen molar-refractivity contribution >= 4 is 6.29 Å². The van der Waals surface area contributed by atoms with Crippen molar-refractivity contribution < 1.29 is 4.79 Å². The zero-order valence-electron chi connectivity index (χ0n) is 6.92. The summed E-state index contributed by atoms with van der Waals surface area (Å²) in [6, 6.07) is 0. The van der Waals surface area contributed by atoms with Crippen molar-refractivity contribution in [1.29, 1.82) is 0 Å². The second-order valence-electron chi connectivity index (χ2n) is 3.11. The lowest BCUT2D eigenvalue weighted by atomic mass is 9.90. The summed E-state index contributed by atoms with van der Waals surface area (Å²) in [5, 5.41) is 0. The van der Waals surface area contributed by atoms with Crippen LogP contribution in [-0.4, -0.2) is 6.29 Å². The first kappa shape index (κ1) is 8.25. The molecule has 0 aromatic rings. The average molecular weight is 150 g/mol. The molecule has 0 fully saturated rings. The maximum Gasteiger partial charge on any atom is 0.142 e. The van der Waals surface area contributed by atoms with E-state index < -0.39 is 0 Å². The molecule has 11 heavy (non-hydrogen) atoms. The van der Waals surface area contributed by atoms with Gasteiger partial charge in [0, 0.05) is 0 Å². The molecular weight excluding hydrogens is 136 g/mol. The molecule has 0 heterocycles. The second kappa shape index (κ2) is 4.12. The Kier molecular flexibility index (Phi) is 3.09. The molecule has 1 atom stereocenters. The second-order valence-corrected chi connectivity index (χ2v) is 3.11. The summed E-state index contributed by atoms with van der Waals surface area (Å²) in [7, 11) is 0. The molecule has 0 spiro atoms. The molecule has 0 N–H and O–H groups in total. The normalized spacial score (nSPS) is 25.2. The SMILES string of the molecule is CC1=CCC(/C=C/C=O)CC1. The first-order chi connectivity index (χ1) is 5.33. The van der Waals surface area contributed by atoms with E-state index in [2.05, 4.69) is 13.0 Å². The van der Waals surface area contributed by atoms with Crippen LogP contribution in [0.25, 0.3) is 0 Å². The molecule has 0 saturated carbocycles. The highest BCUT2D eigenvalue weighted by Gasteiger charge is 2.08. The Bertz CT molecular complexity index is 189. The van der Waals surface area contributed by atoms with Gasteiger partial charge in [-0.1, -0.05) is 17.7 Å². The van der Waals surface area contributed by atoms with Crippen LogP contribution in [0.5, 0.6) is 0 Å². The van der Waals surface area contributed by atoms with Crippen LogP contribution in [0.4, 0.5) is 0 Å². The maximum atomic E-state index is 10.0. The standard InChI is InChI=1S/C10H14O/c1-9-4-6-10(7-5-9)3-2-8-11/h2-4,8,10H,5-7H2,1H3/b3-2+. The smallest absolute Gasteiger partial charge is 0.142 e. The highest BCUT2D eigenvalue weighted by Crippen LogP contribution is 2.23. The number of hydrogen-bond acceptors (Lipinski definition) is 1. The summed E-state index contributed by atoms with van der Waals surface area (Å²) in [5.41, 5.74) is 1.49. The Balaban J connectivity index is 2.40. The number of carbonyl (C=O) groups excluding carboxylic acids is 1. The molecule has 1 heteroatoms. The summed E-state index contributed by atoms with van der Waals surface area (Å²) in [6.45, 7) is 2.17. The van der Waals surface area contributed by atoms with Crippen LogP contribution < -0.4 is 0 Å². The molecule has 0 aliphatic heterocycles. The molecule has 0 aromatic carbocycles. The molecular formula is C10H14O. The van der Waals surface area contributed by atoms with Crippen molar-refractivity contribution in [2.75, 3.05) is 0 Å². The van der Waals surface area contributed by atoms with E-state index >= 15 is 0 Å². The van der Waals surface area contributed by atoms with Gasteiger partial charge < -0.3 is 0 Å². The van der Waals surface area contributed by atoms with Gasteiger partial charge in [-0.2, -0.15) is 0 Å². The van der Waals surface area contributed by atoms with Crippen LogP contribution in [0, 0.1) is 5.92 Å². The predicted molar refractivity (Wildman–Crippen MR) is 46.3 cm³/mol. The first-order valence-corrected chi connectivity index (χ1v) is 4.10. The van der Waals surface area contributed by atoms with Gasteiger partial charge in [-0.25, -0.2) is 0 Å². The lowest BCUT2D eigenvalue weighted by Gasteiger charge is -2.15.